The number of fused-ring (bicyclic) bond motifs is 1. The molecule has 10 heteroatoms. The molecule has 0 spiro atoms. The van der Waals surface area contributed by atoms with E-state index < -0.39 is 29.9 Å². The van der Waals surface area contributed by atoms with Gasteiger partial charge in [-0.2, -0.15) is 17.6 Å². The van der Waals surface area contributed by atoms with Crippen LogP contribution in [-0.2, 0) is 12.0 Å². The standard InChI is InChI=1S/C32H23ClF4N2O3/c33-24-16-17-28(38-20-24)31(19-21-8-2-1-3-9-21,23-12-7-13-25(18-23)42-32(36,37)29(34)35)39-30(40)41-27-15-6-11-22-10-4-5-14-26(22)27/h1-18,20,29H,19H2,(H,39,40)/t31-/m0/s1. The molecule has 0 saturated carbocycles. The minimum absolute atomic E-state index is 0.0712. The first-order valence-electron chi connectivity index (χ1n) is 12.8. The van der Waals surface area contributed by atoms with Gasteiger partial charge in [-0.15, -0.1) is 0 Å². The fraction of sp³-hybridized carbons (Fsp3) is 0.125. The maximum Gasteiger partial charge on any atom is 0.461 e. The van der Waals surface area contributed by atoms with Crippen molar-refractivity contribution in [3.8, 4) is 11.5 Å². The lowest BCUT2D eigenvalue weighted by atomic mass is 9.80. The Morgan fingerprint density at radius 3 is 2.33 bits per heavy atom. The number of hydrogen-bond donors (Lipinski definition) is 1. The van der Waals surface area contributed by atoms with Gasteiger partial charge in [0.15, 0.2) is 0 Å². The van der Waals surface area contributed by atoms with E-state index >= 15 is 0 Å². The third-order valence-corrected chi connectivity index (χ3v) is 6.80. The summed E-state index contributed by atoms with van der Waals surface area (Å²) in [5.74, 6) is -0.245. The first-order chi connectivity index (χ1) is 20.2. The van der Waals surface area contributed by atoms with Gasteiger partial charge < -0.3 is 14.8 Å². The molecule has 0 bridgehead atoms. The number of rotatable bonds is 9. The van der Waals surface area contributed by atoms with Crippen LogP contribution in [0.25, 0.3) is 10.8 Å². The summed E-state index contributed by atoms with van der Waals surface area (Å²) < 4.78 is 63.8. The van der Waals surface area contributed by atoms with E-state index in [-0.39, 0.29) is 23.4 Å². The first kappa shape index (κ1) is 28.9. The number of nitrogens with zero attached hydrogens (tertiary/aromatic N) is 1. The number of nitrogens with one attached hydrogen (secondary N) is 1. The predicted molar refractivity (Wildman–Crippen MR) is 151 cm³/mol. The molecule has 42 heavy (non-hydrogen) atoms. The predicted octanol–water partition coefficient (Wildman–Crippen LogP) is 8.40. The average molecular weight is 595 g/mol. The Labute approximate surface area is 243 Å². The molecular formula is C32H23ClF4N2O3. The number of ether oxygens (including phenoxy) is 2. The van der Waals surface area contributed by atoms with Gasteiger partial charge in [-0.3, -0.25) is 4.98 Å². The topological polar surface area (TPSA) is 60.5 Å². The van der Waals surface area contributed by atoms with E-state index in [1.54, 1.807) is 48.5 Å². The number of carbonyl (C=O) groups is 1. The van der Waals surface area contributed by atoms with Crippen LogP contribution in [-0.4, -0.2) is 23.6 Å². The normalized spacial score (nSPS) is 13.0. The number of alkyl halides is 4. The third-order valence-electron chi connectivity index (χ3n) is 6.58. The second-order valence-electron chi connectivity index (χ2n) is 9.41. The van der Waals surface area contributed by atoms with Crippen LogP contribution in [0.5, 0.6) is 11.5 Å². The van der Waals surface area contributed by atoms with Crippen molar-refractivity contribution in [1.82, 2.24) is 10.3 Å². The first-order valence-corrected chi connectivity index (χ1v) is 13.1. The monoisotopic (exact) mass is 594 g/mol. The Morgan fingerprint density at radius 1 is 0.881 bits per heavy atom. The lowest BCUT2D eigenvalue weighted by Gasteiger charge is -2.35. The van der Waals surface area contributed by atoms with Crippen molar-refractivity contribution in [2.45, 2.75) is 24.5 Å². The number of amides is 1. The van der Waals surface area contributed by atoms with Gasteiger partial charge in [0, 0.05) is 18.0 Å². The van der Waals surface area contributed by atoms with Crippen LogP contribution in [0, 0.1) is 0 Å². The highest BCUT2D eigenvalue weighted by molar-refractivity contribution is 6.30. The molecule has 5 aromatic rings. The van der Waals surface area contributed by atoms with Gasteiger partial charge in [0.05, 0.1) is 10.7 Å². The highest BCUT2D eigenvalue weighted by atomic mass is 35.5. The molecule has 1 atom stereocenters. The van der Waals surface area contributed by atoms with E-state index in [2.05, 4.69) is 15.0 Å². The van der Waals surface area contributed by atoms with Gasteiger partial charge in [-0.1, -0.05) is 90.5 Å². The second-order valence-corrected chi connectivity index (χ2v) is 9.85. The van der Waals surface area contributed by atoms with Crippen molar-refractivity contribution in [2.24, 2.45) is 0 Å². The molecule has 0 aliphatic heterocycles. The largest absolute Gasteiger partial charge is 0.461 e. The van der Waals surface area contributed by atoms with Crippen LogP contribution >= 0.6 is 11.6 Å². The Bertz CT molecular complexity index is 1680. The van der Waals surface area contributed by atoms with E-state index in [0.717, 1.165) is 23.1 Å². The van der Waals surface area contributed by atoms with E-state index in [9.17, 15) is 22.4 Å². The smallest absolute Gasteiger partial charge is 0.428 e. The molecule has 0 aliphatic carbocycles. The minimum atomic E-state index is -4.74. The lowest BCUT2D eigenvalue weighted by molar-refractivity contribution is -0.253. The third kappa shape index (κ3) is 6.31. The molecular weight excluding hydrogens is 572 g/mol. The molecule has 4 aromatic carbocycles. The number of carbonyl (C=O) groups excluding carboxylic acids is 1. The number of benzene rings is 4. The van der Waals surface area contributed by atoms with Gasteiger partial charge in [-0.25, -0.2) is 4.79 Å². The number of aromatic nitrogens is 1. The Kier molecular flexibility index (Phi) is 8.31. The molecule has 0 fully saturated rings. The average Bonchev–Trinajstić information content (AvgIpc) is 2.98. The quantitative estimate of drug-likeness (QED) is 0.174. The van der Waals surface area contributed by atoms with E-state index in [4.69, 9.17) is 16.3 Å². The van der Waals surface area contributed by atoms with Crippen molar-refractivity contribution in [3.05, 3.63) is 137 Å². The van der Waals surface area contributed by atoms with Gasteiger partial charge >= 0.3 is 18.6 Å². The molecule has 1 aromatic heterocycles. The highest BCUT2D eigenvalue weighted by Gasteiger charge is 2.45. The summed E-state index contributed by atoms with van der Waals surface area (Å²) in [4.78, 5) is 18.1. The molecule has 1 heterocycles. The number of pyridine rings is 1. The molecule has 0 unspecified atom stereocenters. The fourth-order valence-electron chi connectivity index (χ4n) is 4.66. The summed E-state index contributed by atoms with van der Waals surface area (Å²) in [6.45, 7) is 0. The van der Waals surface area contributed by atoms with Crippen molar-refractivity contribution >= 4 is 28.5 Å². The summed E-state index contributed by atoms with van der Waals surface area (Å²) >= 11 is 6.12. The molecule has 0 saturated heterocycles. The van der Waals surface area contributed by atoms with Crippen molar-refractivity contribution < 1.29 is 31.8 Å². The molecule has 5 nitrogen and oxygen atoms in total. The SMILES string of the molecule is O=C(N[C@@](Cc1ccccc1)(c1cccc(OC(F)(F)C(F)F)c1)c1ccc(Cl)cn1)Oc1cccc2ccccc12. The zero-order valence-electron chi connectivity index (χ0n) is 21.8. The van der Waals surface area contributed by atoms with Crippen LogP contribution in [0.4, 0.5) is 22.4 Å². The zero-order chi connectivity index (χ0) is 29.7. The van der Waals surface area contributed by atoms with Crippen LogP contribution in [0.15, 0.2) is 115 Å². The molecule has 1 N–H and O–H groups in total. The van der Waals surface area contributed by atoms with Crippen LogP contribution < -0.4 is 14.8 Å². The summed E-state index contributed by atoms with van der Waals surface area (Å²) in [5.41, 5.74) is -0.307. The summed E-state index contributed by atoms with van der Waals surface area (Å²) in [7, 11) is 0. The summed E-state index contributed by atoms with van der Waals surface area (Å²) in [6, 6.07) is 30.0. The maximum atomic E-state index is 13.9. The van der Waals surface area contributed by atoms with Crippen molar-refractivity contribution in [1.29, 1.82) is 0 Å². The van der Waals surface area contributed by atoms with Gasteiger partial charge in [0.2, 0.25) is 0 Å². The van der Waals surface area contributed by atoms with Gasteiger partial charge in [-0.05, 0) is 46.8 Å². The fourth-order valence-corrected chi connectivity index (χ4v) is 4.77. The number of halogens is 5. The van der Waals surface area contributed by atoms with E-state index in [0.29, 0.717) is 10.4 Å². The van der Waals surface area contributed by atoms with Crippen LogP contribution in [0.2, 0.25) is 5.02 Å². The lowest BCUT2D eigenvalue weighted by Crippen LogP contribution is -2.50. The van der Waals surface area contributed by atoms with Crippen molar-refractivity contribution in [2.75, 3.05) is 0 Å². The maximum absolute atomic E-state index is 13.9. The highest BCUT2D eigenvalue weighted by Crippen LogP contribution is 2.37. The summed E-state index contributed by atoms with van der Waals surface area (Å²) in [5, 5.41) is 4.76. The molecule has 0 aliphatic rings. The minimum Gasteiger partial charge on any atom is -0.428 e. The Hall–Kier alpha value is -4.63. The molecule has 5 rings (SSSR count). The van der Waals surface area contributed by atoms with Gasteiger partial charge in [0.1, 0.15) is 17.0 Å². The van der Waals surface area contributed by atoms with E-state index in [1.807, 2.05) is 42.5 Å². The molecule has 214 valence electrons. The number of hydrogen-bond acceptors (Lipinski definition) is 4. The van der Waals surface area contributed by atoms with Gasteiger partial charge in [0.25, 0.3) is 0 Å². The summed E-state index contributed by atoms with van der Waals surface area (Å²) in [6.07, 6.45) is -8.22. The van der Waals surface area contributed by atoms with Crippen LogP contribution in [0.1, 0.15) is 16.8 Å². The van der Waals surface area contributed by atoms with Crippen molar-refractivity contribution in [3.63, 3.8) is 0 Å². The Morgan fingerprint density at radius 2 is 1.60 bits per heavy atom. The molecule has 1 amide bonds. The second kappa shape index (κ2) is 12.1. The zero-order valence-corrected chi connectivity index (χ0v) is 22.6. The van der Waals surface area contributed by atoms with Crippen LogP contribution in [0.3, 0.4) is 0 Å². The Balaban J connectivity index is 1.63. The van der Waals surface area contributed by atoms with E-state index in [1.165, 1.54) is 12.3 Å². The molecule has 0 radical (unpaired) electrons.